The molecule has 9 heteroatoms. The Balaban J connectivity index is 1.64. The molecule has 1 saturated heterocycles. The summed E-state index contributed by atoms with van der Waals surface area (Å²) in [4.78, 5) is 38.4. The third-order valence-electron chi connectivity index (χ3n) is 5.07. The zero-order valence-electron chi connectivity index (χ0n) is 16.4. The Morgan fingerprint density at radius 2 is 2.10 bits per heavy atom. The van der Waals surface area contributed by atoms with Crippen LogP contribution in [0.25, 0.3) is 0 Å². The summed E-state index contributed by atoms with van der Waals surface area (Å²) in [6.45, 7) is 0.595. The van der Waals surface area contributed by atoms with Gasteiger partial charge in [-0.1, -0.05) is 12.1 Å². The second-order valence-corrected chi connectivity index (χ2v) is 7.96. The van der Waals surface area contributed by atoms with E-state index in [1.54, 1.807) is 11.0 Å². The van der Waals surface area contributed by atoms with Crippen molar-refractivity contribution in [3.63, 3.8) is 0 Å². The number of hydrogen-bond donors (Lipinski definition) is 3. The summed E-state index contributed by atoms with van der Waals surface area (Å²) in [6.07, 6.45) is 2.77. The quantitative estimate of drug-likeness (QED) is 0.338. The van der Waals surface area contributed by atoms with Gasteiger partial charge in [0.2, 0.25) is 11.8 Å². The van der Waals surface area contributed by atoms with Crippen molar-refractivity contribution in [2.24, 2.45) is 16.9 Å². The minimum absolute atomic E-state index is 0.0352. The van der Waals surface area contributed by atoms with Gasteiger partial charge in [-0.2, -0.15) is 16.4 Å². The van der Waals surface area contributed by atoms with E-state index >= 15 is 0 Å². The molecule has 0 spiro atoms. The van der Waals surface area contributed by atoms with E-state index in [1.165, 1.54) is 17.6 Å². The first-order valence-corrected chi connectivity index (χ1v) is 10.6. The van der Waals surface area contributed by atoms with E-state index in [9.17, 15) is 14.4 Å². The van der Waals surface area contributed by atoms with E-state index in [1.807, 2.05) is 35.0 Å². The third kappa shape index (κ3) is 5.44. The maximum Gasteiger partial charge on any atom is 0.305 e. The molecule has 2 atom stereocenters. The average Bonchev–Trinajstić information content (AvgIpc) is 3.25. The molecule has 2 unspecified atom stereocenters. The van der Waals surface area contributed by atoms with Crippen molar-refractivity contribution in [1.29, 1.82) is 0 Å². The first-order chi connectivity index (χ1) is 14.5. The van der Waals surface area contributed by atoms with Gasteiger partial charge in [0.1, 0.15) is 0 Å². The number of benzene rings is 1. The highest BCUT2D eigenvalue weighted by molar-refractivity contribution is 7.08. The van der Waals surface area contributed by atoms with Crippen molar-refractivity contribution in [2.45, 2.75) is 31.7 Å². The number of rotatable bonds is 8. The standard InChI is InChI=1S/C21H24N4O4S/c22-23-12-14-3-5-17(6-4-14)25-8-1-2-15(21(25)29)10-19(26)24-18(11-20(27)28)16-7-9-30-13-16/h3-7,9,12-13,15,18H,1-2,8,10-11,22H2,(H,24,26)(H,27,28). The number of amides is 2. The molecular formula is C21H24N4O4S. The fraction of sp³-hybridized carbons (Fsp3) is 0.333. The third-order valence-corrected chi connectivity index (χ3v) is 5.77. The van der Waals surface area contributed by atoms with Gasteiger partial charge in [-0.05, 0) is 52.9 Å². The van der Waals surface area contributed by atoms with Crippen LogP contribution in [-0.2, 0) is 14.4 Å². The molecule has 2 aromatic rings. The van der Waals surface area contributed by atoms with E-state index in [-0.39, 0.29) is 24.7 Å². The number of carbonyl (C=O) groups is 3. The molecule has 30 heavy (non-hydrogen) atoms. The minimum atomic E-state index is -0.991. The Bertz CT molecular complexity index is 912. The molecule has 0 saturated carbocycles. The Hall–Kier alpha value is -3.20. The van der Waals surface area contributed by atoms with Crippen LogP contribution in [0.1, 0.15) is 42.9 Å². The first kappa shape index (κ1) is 21.5. The van der Waals surface area contributed by atoms with Crippen molar-refractivity contribution >= 4 is 41.0 Å². The smallest absolute Gasteiger partial charge is 0.305 e. The molecule has 0 bridgehead atoms. The molecule has 3 rings (SSSR count). The summed E-state index contributed by atoms with van der Waals surface area (Å²) < 4.78 is 0. The molecule has 0 radical (unpaired) electrons. The van der Waals surface area contributed by atoms with Crippen molar-refractivity contribution in [3.8, 4) is 0 Å². The number of carbonyl (C=O) groups excluding carboxylic acids is 2. The van der Waals surface area contributed by atoms with Gasteiger partial charge in [0.25, 0.3) is 0 Å². The lowest BCUT2D eigenvalue weighted by Gasteiger charge is -2.32. The molecule has 158 valence electrons. The van der Waals surface area contributed by atoms with Crippen LogP contribution in [-0.4, -0.2) is 35.6 Å². The SMILES string of the molecule is NN=Cc1ccc(N2CCCC(CC(=O)NC(CC(=O)O)c3ccsc3)C2=O)cc1. The maximum atomic E-state index is 13.0. The molecule has 1 fully saturated rings. The molecule has 2 heterocycles. The van der Waals surface area contributed by atoms with Gasteiger partial charge in [0.15, 0.2) is 0 Å². The fourth-order valence-electron chi connectivity index (χ4n) is 3.60. The second-order valence-electron chi connectivity index (χ2n) is 7.18. The summed E-state index contributed by atoms with van der Waals surface area (Å²) in [5, 5.41) is 19.1. The van der Waals surface area contributed by atoms with Crippen LogP contribution in [0.3, 0.4) is 0 Å². The van der Waals surface area contributed by atoms with E-state index in [2.05, 4.69) is 10.4 Å². The molecule has 1 aromatic carbocycles. The van der Waals surface area contributed by atoms with Gasteiger partial charge in [0.05, 0.1) is 18.7 Å². The molecule has 1 aliphatic heterocycles. The van der Waals surface area contributed by atoms with Gasteiger partial charge in [-0.3, -0.25) is 14.4 Å². The lowest BCUT2D eigenvalue weighted by molar-refractivity contribution is -0.138. The Labute approximate surface area is 178 Å². The molecule has 0 aliphatic carbocycles. The minimum Gasteiger partial charge on any atom is -0.481 e. The van der Waals surface area contributed by atoms with Crippen molar-refractivity contribution in [3.05, 3.63) is 52.2 Å². The van der Waals surface area contributed by atoms with Gasteiger partial charge in [-0.15, -0.1) is 0 Å². The predicted molar refractivity (Wildman–Crippen MR) is 115 cm³/mol. The van der Waals surface area contributed by atoms with E-state index in [4.69, 9.17) is 10.9 Å². The van der Waals surface area contributed by atoms with E-state index in [0.717, 1.165) is 23.2 Å². The highest BCUT2D eigenvalue weighted by Crippen LogP contribution is 2.27. The summed E-state index contributed by atoms with van der Waals surface area (Å²) in [6, 6.07) is 8.51. The van der Waals surface area contributed by atoms with Crippen LogP contribution < -0.4 is 16.1 Å². The Kier molecular flexibility index (Phi) is 7.18. The monoisotopic (exact) mass is 428 g/mol. The summed E-state index contributed by atoms with van der Waals surface area (Å²) in [7, 11) is 0. The lowest BCUT2D eigenvalue weighted by Crippen LogP contribution is -2.43. The number of anilines is 1. The number of nitrogens with two attached hydrogens (primary N) is 1. The summed E-state index contributed by atoms with van der Waals surface area (Å²) in [5.41, 5.74) is 2.36. The number of hydrogen-bond acceptors (Lipinski definition) is 6. The number of carboxylic acids is 1. The van der Waals surface area contributed by atoms with Crippen molar-refractivity contribution < 1.29 is 19.5 Å². The van der Waals surface area contributed by atoms with Crippen molar-refractivity contribution in [2.75, 3.05) is 11.4 Å². The molecule has 1 aliphatic rings. The van der Waals surface area contributed by atoms with Crippen LogP contribution in [0.2, 0.25) is 0 Å². The van der Waals surface area contributed by atoms with Crippen LogP contribution in [0, 0.1) is 5.92 Å². The maximum absolute atomic E-state index is 13.0. The molecule has 8 nitrogen and oxygen atoms in total. The fourth-order valence-corrected chi connectivity index (χ4v) is 4.31. The summed E-state index contributed by atoms with van der Waals surface area (Å²) >= 11 is 1.44. The summed E-state index contributed by atoms with van der Waals surface area (Å²) in [5.74, 6) is 3.32. The predicted octanol–water partition coefficient (Wildman–Crippen LogP) is 2.51. The van der Waals surface area contributed by atoms with E-state index in [0.29, 0.717) is 13.0 Å². The normalized spacial score (nSPS) is 17.8. The number of nitrogens with one attached hydrogen (secondary N) is 1. The number of nitrogens with zero attached hydrogens (tertiary/aromatic N) is 2. The number of thiophene rings is 1. The van der Waals surface area contributed by atoms with Crippen LogP contribution >= 0.6 is 11.3 Å². The largest absolute Gasteiger partial charge is 0.481 e. The first-order valence-electron chi connectivity index (χ1n) is 9.66. The number of aliphatic carboxylic acids is 1. The van der Waals surface area contributed by atoms with Crippen LogP contribution in [0.4, 0.5) is 5.69 Å². The highest BCUT2D eigenvalue weighted by Gasteiger charge is 2.32. The average molecular weight is 429 g/mol. The number of hydrazone groups is 1. The lowest BCUT2D eigenvalue weighted by atomic mass is 9.92. The van der Waals surface area contributed by atoms with Gasteiger partial charge >= 0.3 is 5.97 Å². The van der Waals surface area contributed by atoms with E-state index < -0.39 is 17.9 Å². The highest BCUT2D eigenvalue weighted by atomic mass is 32.1. The zero-order chi connectivity index (χ0) is 21.5. The molecule has 4 N–H and O–H groups in total. The van der Waals surface area contributed by atoms with Crippen molar-refractivity contribution in [1.82, 2.24) is 5.32 Å². The number of piperidine rings is 1. The van der Waals surface area contributed by atoms with Gasteiger partial charge < -0.3 is 21.2 Å². The molecule has 1 aromatic heterocycles. The van der Waals surface area contributed by atoms with Gasteiger partial charge in [-0.25, -0.2) is 0 Å². The topological polar surface area (TPSA) is 125 Å². The Morgan fingerprint density at radius 1 is 1.33 bits per heavy atom. The zero-order valence-corrected chi connectivity index (χ0v) is 17.2. The van der Waals surface area contributed by atoms with Gasteiger partial charge in [0, 0.05) is 24.6 Å². The second kappa shape index (κ2) is 10.0. The van der Waals surface area contributed by atoms with Crippen LogP contribution in [0.15, 0.2) is 46.2 Å². The molecule has 2 amide bonds. The Morgan fingerprint density at radius 3 is 2.73 bits per heavy atom. The number of carboxylic acid groups (broad SMARTS) is 1. The molecular weight excluding hydrogens is 404 g/mol. The van der Waals surface area contributed by atoms with Crippen LogP contribution in [0.5, 0.6) is 0 Å².